The van der Waals surface area contributed by atoms with E-state index in [4.69, 9.17) is 0 Å². The minimum atomic E-state index is -0.0190. The standard InChI is InChI=1S/C13H19N3O/c1-13(2,9-3-4-9)15-11-12(17)16(8-7-14-11)10-5-6-10/h7-10H,3-6H2,1-2H3,(H,14,15). The van der Waals surface area contributed by atoms with Crippen molar-refractivity contribution < 1.29 is 0 Å². The van der Waals surface area contributed by atoms with Crippen molar-refractivity contribution in [3.8, 4) is 0 Å². The van der Waals surface area contributed by atoms with E-state index in [9.17, 15) is 4.79 Å². The number of hydrogen-bond acceptors (Lipinski definition) is 3. The lowest BCUT2D eigenvalue weighted by molar-refractivity contribution is 0.490. The van der Waals surface area contributed by atoms with E-state index in [-0.39, 0.29) is 11.1 Å². The molecule has 0 bridgehead atoms. The van der Waals surface area contributed by atoms with Crippen molar-refractivity contribution in [2.45, 2.75) is 51.1 Å². The van der Waals surface area contributed by atoms with Gasteiger partial charge in [0.1, 0.15) is 0 Å². The van der Waals surface area contributed by atoms with Crippen molar-refractivity contribution in [1.29, 1.82) is 0 Å². The van der Waals surface area contributed by atoms with Gasteiger partial charge in [-0.1, -0.05) is 0 Å². The zero-order chi connectivity index (χ0) is 12.0. The Bertz CT molecular complexity index is 484. The molecule has 0 atom stereocenters. The van der Waals surface area contributed by atoms with Gasteiger partial charge in [0.25, 0.3) is 5.56 Å². The van der Waals surface area contributed by atoms with Gasteiger partial charge in [-0.05, 0) is 45.4 Å². The van der Waals surface area contributed by atoms with E-state index in [0.717, 1.165) is 12.8 Å². The SMILES string of the molecule is CC(C)(Nc1nccn(C2CC2)c1=O)C1CC1. The highest BCUT2D eigenvalue weighted by Gasteiger charge is 2.38. The van der Waals surface area contributed by atoms with Crippen LogP contribution in [0.25, 0.3) is 0 Å². The number of aromatic nitrogens is 2. The predicted molar refractivity (Wildman–Crippen MR) is 67.2 cm³/mol. The first-order valence-corrected chi connectivity index (χ1v) is 6.43. The van der Waals surface area contributed by atoms with Crippen LogP contribution in [0.4, 0.5) is 5.82 Å². The van der Waals surface area contributed by atoms with Crippen LogP contribution in [0.1, 0.15) is 45.6 Å². The molecule has 2 saturated carbocycles. The third kappa shape index (κ3) is 2.08. The molecule has 3 rings (SSSR count). The van der Waals surface area contributed by atoms with Crippen molar-refractivity contribution in [1.82, 2.24) is 9.55 Å². The summed E-state index contributed by atoms with van der Waals surface area (Å²) in [6.45, 7) is 4.31. The third-order valence-corrected chi connectivity index (χ3v) is 3.85. The van der Waals surface area contributed by atoms with Crippen LogP contribution in [0.5, 0.6) is 0 Å². The predicted octanol–water partition coefficient (Wildman–Crippen LogP) is 2.18. The van der Waals surface area contributed by atoms with E-state index in [0.29, 0.717) is 17.8 Å². The van der Waals surface area contributed by atoms with Crippen LogP contribution in [0, 0.1) is 5.92 Å². The molecule has 0 aromatic carbocycles. The monoisotopic (exact) mass is 233 g/mol. The molecule has 0 spiro atoms. The van der Waals surface area contributed by atoms with Gasteiger partial charge in [-0.25, -0.2) is 4.98 Å². The topological polar surface area (TPSA) is 46.9 Å². The summed E-state index contributed by atoms with van der Waals surface area (Å²) in [7, 11) is 0. The first-order chi connectivity index (χ1) is 8.08. The van der Waals surface area contributed by atoms with Crippen molar-refractivity contribution >= 4 is 5.82 Å². The van der Waals surface area contributed by atoms with Crippen molar-refractivity contribution in [2.75, 3.05) is 5.32 Å². The van der Waals surface area contributed by atoms with Gasteiger partial charge in [0, 0.05) is 24.0 Å². The van der Waals surface area contributed by atoms with Gasteiger partial charge in [0.2, 0.25) is 0 Å². The third-order valence-electron chi connectivity index (χ3n) is 3.85. The van der Waals surface area contributed by atoms with Crippen LogP contribution in [0.2, 0.25) is 0 Å². The van der Waals surface area contributed by atoms with Gasteiger partial charge in [-0.15, -0.1) is 0 Å². The second kappa shape index (κ2) is 3.59. The Hall–Kier alpha value is -1.32. The van der Waals surface area contributed by atoms with Gasteiger partial charge < -0.3 is 9.88 Å². The number of nitrogens with zero attached hydrogens (tertiary/aromatic N) is 2. The maximum Gasteiger partial charge on any atom is 0.293 e. The van der Waals surface area contributed by atoms with Gasteiger partial charge in [0.15, 0.2) is 5.82 Å². The number of anilines is 1. The highest BCUT2D eigenvalue weighted by molar-refractivity contribution is 5.35. The van der Waals surface area contributed by atoms with Crippen LogP contribution in [0.3, 0.4) is 0 Å². The lowest BCUT2D eigenvalue weighted by Crippen LogP contribution is -2.37. The summed E-state index contributed by atoms with van der Waals surface area (Å²) >= 11 is 0. The lowest BCUT2D eigenvalue weighted by Gasteiger charge is -2.26. The van der Waals surface area contributed by atoms with Gasteiger partial charge >= 0.3 is 0 Å². The van der Waals surface area contributed by atoms with E-state index in [2.05, 4.69) is 24.1 Å². The zero-order valence-corrected chi connectivity index (χ0v) is 10.4. The van der Waals surface area contributed by atoms with E-state index >= 15 is 0 Å². The summed E-state index contributed by atoms with van der Waals surface area (Å²) in [5.41, 5.74) is 0.0123. The molecule has 2 aliphatic rings. The van der Waals surface area contributed by atoms with E-state index < -0.39 is 0 Å². The van der Waals surface area contributed by atoms with Gasteiger partial charge in [-0.3, -0.25) is 4.79 Å². The molecule has 0 amide bonds. The van der Waals surface area contributed by atoms with Crippen LogP contribution in [0.15, 0.2) is 17.2 Å². The first kappa shape index (κ1) is 10.8. The van der Waals surface area contributed by atoms with Gasteiger partial charge in [0.05, 0.1) is 0 Å². The minimum Gasteiger partial charge on any atom is -0.360 e. The molecule has 92 valence electrons. The Balaban J connectivity index is 1.87. The lowest BCUT2D eigenvalue weighted by atomic mass is 9.99. The molecule has 2 aliphatic carbocycles. The molecular weight excluding hydrogens is 214 g/mol. The Morgan fingerprint density at radius 2 is 2.06 bits per heavy atom. The summed E-state index contributed by atoms with van der Waals surface area (Å²) in [4.78, 5) is 16.4. The van der Waals surface area contributed by atoms with E-state index in [1.807, 2.05) is 4.57 Å². The summed E-state index contributed by atoms with van der Waals surface area (Å²) < 4.78 is 1.82. The fourth-order valence-electron chi connectivity index (χ4n) is 2.36. The summed E-state index contributed by atoms with van der Waals surface area (Å²) in [6.07, 6.45) is 8.28. The molecule has 4 nitrogen and oxygen atoms in total. The smallest absolute Gasteiger partial charge is 0.293 e. The molecule has 1 N–H and O–H groups in total. The number of hydrogen-bond donors (Lipinski definition) is 1. The molecule has 1 heterocycles. The Kier molecular flexibility index (Phi) is 2.28. The van der Waals surface area contributed by atoms with Crippen LogP contribution < -0.4 is 10.9 Å². The molecule has 0 radical (unpaired) electrons. The highest BCUT2D eigenvalue weighted by atomic mass is 16.1. The van der Waals surface area contributed by atoms with Gasteiger partial charge in [-0.2, -0.15) is 0 Å². The van der Waals surface area contributed by atoms with Crippen molar-refractivity contribution in [3.05, 3.63) is 22.7 Å². The molecule has 2 fully saturated rings. The number of rotatable bonds is 4. The second-order valence-corrected chi connectivity index (χ2v) is 5.84. The molecule has 17 heavy (non-hydrogen) atoms. The number of nitrogens with one attached hydrogen (secondary N) is 1. The Labute approximate surface area is 101 Å². The normalized spacial score (nSPS) is 20.4. The van der Waals surface area contributed by atoms with Crippen molar-refractivity contribution in [3.63, 3.8) is 0 Å². The largest absolute Gasteiger partial charge is 0.360 e. The molecule has 0 unspecified atom stereocenters. The maximum absolute atomic E-state index is 12.2. The van der Waals surface area contributed by atoms with E-state index in [1.165, 1.54) is 12.8 Å². The Morgan fingerprint density at radius 1 is 1.35 bits per heavy atom. The summed E-state index contributed by atoms with van der Waals surface area (Å²) in [6, 6.07) is 0.412. The Morgan fingerprint density at radius 3 is 2.65 bits per heavy atom. The molecule has 1 aromatic heterocycles. The average molecular weight is 233 g/mol. The summed E-state index contributed by atoms with van der Waals surface area (Å²) in [5.74, 6) is 1.19. The maximum atomic E-state index is 12.2. The highest BCUT2D eigenvalue weighted by Crippen LogP contribution is 2.40. The molecule has 1 aromatic rings. The first-order valence-electron chi connectivity index (χ1n) is 6.43. The fourth-order valence-corrected chi connectivity index (χ4v) is 2.36. The van der Waals surface area contributed by atoms with Crippen LogP contribution >= 0.6 is 0 Å². The fraction of sp³-hybridized carbons (Fsp3) is 0.692. The zero-order valence-electron chi connectivity index (χ0n) is 10.4. The molecule has 4 heteroatoms. The molecular formula is C13H19N3O. The van der Waals surface area contributed by atoms with Crippen molar-refractivity contribution in [2.24, 2.45) is 5.92 Å². The molecule has 0 saturated heterocycles. The van der Waals surface area contributed by atoms with E-state index in [1.54, 1.807) is 12.4 Å². The minimum absolute atomic E-state index is 0.0190. The van der Waals surface area contributed by atoms with Crippen LogP contribution in [-0.2, 0) is 0 Å². The quantitative estimate of drug-likeness (QED) is 0.867. The molecule has 0 aliphatic heterocycles. The summed E-state index contributed by atoms with van der Waals surface area (Å²) in [5, 5.41) is 3.33. The van der Waals surface area contributed by atoms with Crippen LogP contribution in [-0.4, -0.2) is 15.1 Å². The average Bonchev–Trinajstić information content (AvgIpc) is 3.15. The second-order valence-electron chi connectivity index (χ2n) is 5.84.